The molecule has 1 heteroatoms. The molecule has 3 aliphatic rings. The maximum Gasteiger partial charge on any atom is 0.130 e. The molecule has 0 amide bonds. The number of hydrogen-bond donors (Lipinski definition) is 0. The largest absolute Gasteiger partial charge is 0.206 e. The first-order valence-electron chi connectivity index (χ1n) is 13.6. The summed E-state index contributed by atoms with van der Waals surface area (Å²) in [4.78, 5) is 0. The molecule has 0 spiro atoms. The van der Waals surface area contributed by atoms with Crippen LogP contribution in [0.25, 0.3) is 0 Å². The van der Waals surface area contributed by atoms with Gasteiger partial charge in [-0.3, -0.25) is 0 Å². The van der Waals surface area contributed by atoms with Gasteiger partial charge < -0.3 is 0 Å². The monoisotopic (exact) mass is 424 g/mol. The Hall–Kier alpha value is -1.11. The fourth-order valence-corrected chi connectivity index (χ4v) is 7.18. The molecule has 31 heavy (non-hydrogen) atoms. The maximum absolute atomic E-state index is 15.6. The molecule has 0 radical (unpaired) electrons. The van der Waals surface area contributed by atoms with Crippen molar-refractivity contribution in [1.29, 1.82) is 0 Å². The van der Waals surface area contributed by atoms with Crippen LogP contribution in [0.1, 0.15) is 120 Å². The molecule has 0 heterocycles. The molecular weight excluding hydrogens is 379 g/mol. The normalized spacial score (nSPS) is 30.9. The molecule has 0 aliphatic heterocycles. The minimum absolute atomic E-state index is 0.188. The van der Waals surface area contributed by atoms with E-state index in [0.29, 0.717) is 5.92 Å². The van der Waals surface area contributed by atoms with E-state index in [1.807, 2.05) is 0 Å². The Kier molecular flexibility index (Phi) is 8.30. The van der Waals surface area contributed by atoms with Gasteiger partial charge in [-0.15, -0.1) is 0 Å². The summed E-state index contributed by atoms with van der Waals surface area (Å²) in [6.45, 7) is 4.40. The molecule has 0 nitrogen and oxygen atoms in total. The Bertz CT molecular complexity index is 732. The van der Waals surface area contributed by atoms with Gasteiger partial charge >= 0.3 is 0 Å². The van der Waals surface area contributed by atoms with Gasteiger partial charge in [0, 0.05) is 0 Å². The van der Waals surface area contributed by atoms with Crippen molar-refractivity contribution in [2.24, 2.45) is 23.7 Å². The third kappa shape index (κ3) is 5.63. The SMILES string of the molecule is C/C=C/CCC1CCC2CC(c3ccc4c(c3F)CCC(CCCCC)C4)CCC2C1. The smallest absolute Gasteiger partial charge is 0.130 e. The van der Waals surface area contributed by atoms with Gasteiger partial charge in [0.2, 0.25) is 0 Å². The van der Waals surface area contributed by atoms with E-state index in [-0.39, 0.29) is 5.82 Å². The van der Waals surface area contributed by atoms with E-state index in [1.54, 1.807) is 0 Å². The highest BCUT2D eigenvalue weighted by Crippen LogP contribution is 2.49. The fourth-order valence-electron chi connectivity index (χ4n) is 7.18. The molecule has 3 aliphatic carbocycles. The van der Waals surface area contributed by atoms with Crippen molar-refractivity contribution >= 4 is 0 Å². The van der Waals surface area contributed by atoms with Gasteiger partial charge in [0.1, 0.15) is 5.82 Å². The molecule has 5 atom stereocenters. The van der Waals surface area contributed by atoms with Crippen molar-refractivity contribution in [3.8, 4) is 0 Å². The highest BCUT2D eigenvalue weighted by molar-refractivity contribution is 5.38. The van der Waals surface area contributed by atoms with E-state index < -0.39 is 0 Å². The predicted octanol–water partition coefficient (Wildman–Crippen LogP) is 9.17. The van der Waals surface area contributed by atoms with Crippen LogP contribution in [0, 0.1) is 29.5 Å². The lowest BCUT2D eigenvalue weighted by Gasteiger charge is -2.42. The molecule has 2 saturated carbocycles. The van der Waals surface area contributed by atoms with Crippen LogP contribution < -0.4 is 0 Å². The summed E-state index contributed by atoms with van der Waals surface area (Å²) in [7, 11) is 0. The van der Waals surface area contributed by atoms with E-state index in [9.17, 15) is 0 Å². The van der Waals surface area contributed by atoms with Crippen LogP contribution in [0.2, 0.25) is 0 Å². The minimum atomic E-state index is 0.188. The Morgan fingerprint density at radius 3 is 2.61 bits per heavy atom. The van der Waals surface area contributed by atoms with E-state index in [2.05, 4.69) is 38.1 Å². The average Bonchev–Trinajstić information content (AvgIpc) is 2.79. The molecule has 0 saturated heterocycles. The Morgan fingerprint density at radius 1 is 0.935 bits per heavy atom. The van der Waals surface area contributed by atoms with Crippen molar-refractivity contribution in [1.82, 2.24) is 0 Å². The molecule has 2 fully saturated rings. The topological polar surface area (TPSA) is 0 Å². The van der Waals surface area contributed by atoms with Crippen LogP contribution >= 0.6 is 0 Å². The van der Waals surface area contributed by atoms with Crippen LogP contribution in [0.3, 0.4) is 0 Å². The van der Waals surface area contributed by atoms with Crippen molar-refractivity contribution in [3.63, 3.8) is 0 Å². The quantitative estimate of drug-likeness (QED) is 0.288. The van der Waals surface area contributed by atoms with E-state index in [4.69, 9.17) is 0 Å². The Labute approximate surface area is 191 Å². The lowest BCUT2D eigenvalue weighted by molar-refractivity contribution is 0.114. The molecule has 1 aromatic rings. The summed E-state index contributed by atoms with van der Waals surface area (Å²) in [6.07, 6.45) is 23.7. The Morgan fingerprint density at radius 2 is 1.77 bits per heavy atom. The van der Waals surface area contributed by atoms with Crippen molar-refractivity contribution in [3.05, 3.63) is 46.8 Å². The first-order valence-corrected chi connectivity index (χ1v) is 13.6. The summed E-state index contributed by atoms with van der Waals surface area (Å²) in [5, 5.41) is 0. The first kappa shape index (κ1) is 23.1. The third-order valence-electron chi connectivity index (χ3n) is 9.04. The molecule has 0 bridgehead atoms. The van der Waals surface area contributed by atoms with Gasteiger partial charge in [0.05, 0.1) is 0 Å². The summed E-state index contributed by atoms with van der Waals surface area (Å²) < 4.78 is 15.6. The lowest BCUT2D eigenvalue weighted by Crippen LogP contribution is -2.31. The number of benzene rings is 1. The van der Waals surface area contributed by atoms with Gasteiger partial charge in [-0.2, -0.15) is 0 Å². The summed E-state index contributed by atoms with van der Waals surface area (Å²) in [6, 6.07) is 4.50. The lowest BCUT2D eigenvalue weighted by atomic mass is 9.63. The van der Waals surface area contributed by atoms with Crippen LogP contribution in [-0.2, 0) is 12.8 Å². The van der Waals surface area contributed by atoms with Gasteiger partial charge in [-0.25, -0.2) is 4.39 Å². The fraction of sp³-hybridized carbons (Fsp3) is 0.733. The summed E-state index contributed by atoms with van der Waals surface area (Å²) in [5.41, 5.74) is 3.47. The van der Waals surface area contributed by atoms with E-state index >= 15 is 4.39 Å². The standard InChI is InChI=1S/C30H45F/c1-3-5-7-9-22-11-13-25-21-27(15-14-24(25)19-22)29-18-16-26-20-23(10-8-6-4-2)12-17-28(26)30(29)31/h3,5,16,18,22-25,27H,4,6-15,17,19-21H2,1-2H3/b5-3+. The molecular formula is C30H45F. The number of fused-ring (bicyclic) bond motifs is 2. The number of unbranched alkanes of at least 4 members (excludes halogenated alkanes) is 2. The predicted molar refractivity (Wildman–Crippen MR) is 131 cm³/mol. The van der Waals surface area contributed by atoms with Gasteiger partial charge in [0.25, 0.3) is 0 Å². The summed E-state index contributed by atoms with van der Waals surface area (Å²) >= 11 is 0. The van der Waals surface area contributed by atoms with Crippen molar-refractivity contribution in [2.45, 2.75) is 116 Å². The number of halogens is 1. The van der Waals surface area contributed by atoms with Gasteiger partial charge in [-0.1, -0.05) is 63.3 Å². The van der Waals surface area contributed by atoms with Crippen LogP contribution in [-0.4, -0.2) is 0 Å². The molecule has 1 aromatic carbocycles. The van der Waals surface area contributed by atoms with Crippen molar-refractivity contribution in [2.75, 3.05) is 0 Å². The van der Waals surface area contributed by atoms with Crippen LogP contribution in [0.5, 0.6) is 0 Å². The zero-order valence-corrected chi connectivity index (χ0v) is 20.2. The Balaban J connectivity index is 1.35. The molecule has 5 unspecified atom stereocenters. The molecule has 0 aromatic heterocycles. The average molecular weight is 425 g/mol. The second-order valence-electron chi connectivity index (χ2n) is 11.1. The van der Waals surface area contributed by atoms with E-state index in [1.165, 1.54) is 89.0 Å². The van der Waals surface area contributed by atoms with E-state index in [0.717, 1.165) is 47.6 Å². The molecule has 172 valence electrons. The maximum atomic E-state index is 15.6. The zero-order valence-electron chi connectivity index (χ0n) is 20.2. The van der Waals surface area contributed by atoms with Crippen LogP contribution in [0.4, 0.5) is 4.39 Å². The molecule has 4 rings (SSSR count). The minimum Gasteiger partial charge on any atom is -0.206 e. The highest BCUT2D eigenvalue weighted by atomic mass is 19.1. The third-order valence-corrected chi connectivity index (χ3v) is 9.04. The second kappa shape index (κ2) is 11.2. The number of rotatable bonds is 8. The van der Waals surface area contributed by atoms with Gasteiger partial charge in [-0.05, 0) is 117 Å². The number of hydrogen-bond acceptors (Lipinski definition) is 0. The van der Waals surface area contributed by atoms with Crippen molar-refractivity contribution < 1.29 is 4.39 Å². The molecule has 0 N–H and O–H groups in total. The number of allylic oxidation sites excluding steroid dienone is 2. The second-order valence-corrected chi connectivity index (χ2v) is 11.1. The van der Waals surface area contributed by atoms with Gasteiger partial charge in [0.15, 0.2) is 0 Å². The van der Waals surface area contributed by atoms with Crippen LogP contribution in [0.15, 0.2) is 24.3 Å². The first-order chi connectivity index (χ1) is 15.2. The zero-order chi connectivity index (χ0) is 21.6. The highest BCUT2D eigenvalue weighted by Gasteiger charge is 2.37. The summed E-state index contributed by atoms with van der Waals surface area (Å²) in [5.74, 6) is 4.11.